The van der Waals surface area contributed by atoms with Crippen molar-refractivity contribution in [2.75, 3.05) is 5.32 Å². The van der Waals surface area contributed by atoms with Crippen molar-refractivity contribution in [3.8, 4) is 5.75 Å². The number of halogens is 2. The Balaban J connectivity index is 2.70. The molecule has 0 spiro atoms. The van der Waals surface area contributed by atoms with Crippen molar-refractivity contribution in [1.82, 2.24) is 0 Å². The second-order valence-corrected chi connectivity index (χ2v) is 3.71. The van der Waals surface area contributed by atoms with E-state index in [2.05, 4.69) is 17.0 Å². The fourth-order valence-corrected chi connectivity index (χ4v) is 1.56. The summed E-state index contributed by atoms with van der Waals surface area (Å²) >= 11 is 0. The Morgan fingerprint density at radius 2 is 2.00 bits per heavy atom. The predicted octanol–water partition coefficient (Wildman–Crippen LogP) is 3.89. The van der Waals surface area contributed by atoms with Crippen LogP contribution in [0.4, 0.5) is 14.5 Å². The second-order valence-electron chi connectivity index (χ2n) is 3.71. The summed E-state index contributed by atoms with van der Waals surface area (Å²) in [5.74, 6) is 0.195. The zero-order chi connectivity index (χ0) is 12.0. The molecule has 90 valence electrons. The van der Waals surface area contributed by atoms with Crippen LogP contribution in [0, 0.1) is 0 Å². The lowest BCUT2D eigenvalue weighted by molar-refractivity contribution is -0.0493. The van der Waals surface area contributed by atoms with Crippen LogP contribution >= 0.6 is 0 Å². The maximum Gasteiger partial charge on any atom is 0.387 e. The quantitative estimate of drug-likeness (QED) is 0.799. The minimum Gasteiger partial charge on any atom is -0.433 e. The third-order valence-electron chi connectivity index (χ3n) is 2.23. The van der Waals surface area contributed by atoms with E-state index in [1.807, 2.05) is 6.92 Å². The topological polar surface area (TPSA) is 21.3 Å². The Hall–Kier alpha value is -1.32. The van der Waals surface area contributed by atoms with Gasteiger partial charge in [-0.15, -0.1) is 0 Å². The monoisotopic (exact) mass is 229 g/mol. The van der Waals surface area contributed by atoms with Gasteiger partial charge >= 0.3 is 6.61 Å². The van der Waals surface area contributed by atoms with Gasteiger partial charge in [0.05, 0.1) is 5.69 Å². The molecular weight excluding hydrogens is 212 g/mol. The van der Waals surface area contributed by atoms with E-state index in [1.165, 1.54) is 6.07 Å². The molecule has 1 unspecified atom stereocenters. The summed E-state index contributed by atoms with van der Waals surface area (Å²) < 4.78 is 28.7. The summed E-state index contributed by atoms with van der Waals surface area (Å²) in [5.41, 5.74) is 0.615. The molecule has 1 rings (SSSR count). The molecule has 0 aromatic heterocycles. The Kier molecular flexibility index (Phi) is 5.02. The summed E-state index contributed by atoms with van der Waals surface area (Å²) in [6.07, 6.45) is 2.04. The smallest absolute Gasteiger partial charge is 0.387 e. The van der Waals surface area contributed by atoms with Crippen molar-refractivity contribution in [2.24, 2.45) is 0 Å². The standard InChI is InChI=1S/C12H17F2NO/c1-3-6-9(2)15-10-7-4-5-8-11(10)16-12(13)14/h4-5,7-9,12,15H,3,6H2,1-2H3. The van der Waals surface area contributed by atoms with Gasteiger partial charge in [0.2, 0.25) is 0 Å². The molecule has 1 aromatic rings. The average Bonchev–Trinajstić information content (AvgIpc) is 2.20. The fourth-order valence-electron chi connectivity index (χ4n) is 1.56. The molecule has 0 aliphatic rings. The molecule has 4 heteroatoms. The number of hydrogen-bond acceptors (Lipinski definition) is 2. The van der Waals surface area contributed by atoms with Crippen LogP contribution in [0.1, 0.15) is 26.7 Å². The summed E-state index contributed by atoms with van der Waals surface area (Å²) in [7, 11) is 0. The first-order valence-electron chi connectivity index (χ1n) is 5.43. The highest BCUT2D eigenvalue weighted by molar-refractivity contribution is 5.56. The second kappa shape index (κ2) is 6.30. The Morgan fingerprint density at radius 1 is 1.31 bits per heavy atom. The molecule has 0 aliphatic heterocycles. The van der Waals surface area contributed by atoms with Crippen LogP contribution in [0.2, 0.25) is 0 Å². The lowest BCUT2D eigenvalue weighted by atomic mass is 10.2. The molecular formula is C12H17F2NO. The van der Waals surface area contributed by atoms with Crippen molar-refractivity contribution in [3.05, 3.63) is 24.3 Å². The molecule has 0 fully saturated rings. The number of nitrogens with one attached hydrogen (secondary N) is 1. The Labute approximate surface area is 94.6 Å². The first-order valence-corrected chi connectivity index (χ1v) is 5.43. The minimum absolute atomic E-state index is 0.195. The summed E-state index contributed by atoms with van der Waals surface area (Å²) in [6, 6.07) is 6.98. The summed E-state index contributed by atoms with van der Waals surface area (Å²) in [4.78, 5) is 0. The van der Waals surface area contributed by atoms with Gasteiger partial charge < -0.3 is 10.1 Å². The molecule has 16 heavy (non-hydrogen) atoms. The Bertz CT molecular complexity index is 318. The van der Waals surface area contributed by atoms with E-state index in [1.54, 1.807) is 18.2 Å². The maximum atomic E-state index is 12.1. The first kappa shape index (κ1) is 12.7. The van der Waals surface area contributed by atoms with Gasteiger partial charge in [0.1, 0.15) is 5.75 Å². The van der Waals surface area contributed by atoms with Gasteiger partial charge in [-0.25, -0.2) is 0 Å². The van der Waals surface area contributed by atoms with Gasteiger partial charge in [0, 0.05) is 6.04 Å². The highest BCUT2D eigenvalue weighted by atomic mass is 19.3. The third-order valence-corrected chi connectivity index (χ3v) is 2.23. The zero-order valence-electron chi connectivity index (χ0n) is 9.54. The van der Waals surface area contributed by atoms with E-state index in [0.29, 0.717) is 5.69 Å². The SMILES string of the molecule is CCCC(C)Nc1ccccc1OC(F)F. The highest BCUT2D eigenvalue weighted by Crippen LogP contribution is 2.26. The average molecular weight is 229 g/mol. The van der Waals surface area contributed by atoms with Gasteiger partial charge in [-0.2, -0.15) is 8.78 Å². The number of alkyl halides is 2. The van der Waals surface area contributed by atoms with E-state index in [9.17, 15) is 8.78 Å². The van der Waals surface area contributed by atoms with Gasteiger partial charge in [-0.1, -0.05) is 25.5 Å². The first-order chi connectivity index (χ1) is 7.63. The van der Waals surface area contributed by atoms with Crippen LogP contribution in [-0.2, 0) is 0 Å². The van der Waals surface area contributed by atoms with Crippen LogP contribution < -0.4 is 10.1 Å². The highest BCUT2D eigenvalue weighted by Gasteiger charge is 2.10. The van der Waals surface area contributed by atoms with E-state index in [0.717, 1.165) is 12.8 Å². The zero-order valence-corrected chi connectivity index (χ0v) is 9.54. The maximum absolute atomic E-state index is 12.1. The normalized spacial score (nSPS) is 12.6. The van der Waals surface area contributed by atoms with Crippen molar-refractivity contribution >= 4 is 5.69 Å². The van der Waals surface area contributed by atoms with Crippen molar-refractivity contribution in [3.63, 3.8) is 0 Å². The number of anilines is 1. The number of rotatable bonds is 6. The Morgan fingerprint density at radius 3 is 2.62 bits per heavy atom. The van der Waals surface area contributed by atoms with Crippen LogP contribution in [0.15, 0.2) is 24.3 Å². The number of hydrogen-bond donors (Lipinski definition) is 1. The molecule has 0 amide bonds. The minimum atomic E-state index is -2.79. The largest absolute Gasteiger partial charge is 0.433 e. The van der Waals surface area contributed by atoms with E-state index >= 15 is 0 Å². The van der Waals surface area contributed by atoms with Gasteiger partial charge in [0.15, 0.2) is 0 Å². The van der Waals surface area contributed by atoms with E-state index < -0.39 is 6.61 Å². The fraction of sp³-hybridized carbons (Fsp3) is 0.500. The lowest BCUT2D eigenvalue weighted by Gasteiger charge is -2.17. The molecule has 0 bridgehead atoms. The molecule has 1 N–H and O–H groups in total. The number of ether oxygens (including phenoxy) is 1. The molecule has 1 aromatic carbocycles. The number of para-hydroxylation sites is 2. The lowest BCUT2D eigenvalue weighted by Crippen LogP contribution is -2.15. The number of benzene rings is 1. The summed E-state index contributed by atoms with van der Waals surface area (Å²) in [5, 5.41) is 3.16. The molecule has 0 radical (unpaired) electrons. The van der Waals surface area contributed by atoms with Gasteiger partial charge in [-0.05, 0) is 25.5 Å². The molecule has 1 atom stereocenters. The van der Waals surface area contributed by atoms with Crippen molar-refractivity contribution in [1.29, 1.82) is 0 Å². The van der Waals surface area contributed by atoms with Crippen molar-refractivity contribution in [2.45, 2.75) is 39.3 Å². The van der Waals surface area contributed by atoms with Crippen LogP contribution in [-0.4, -0.2) is 12.7 Å². The van der Waals surface area contributed by atoms with Crippen molar-refractivity contribution < 1.29 is 13.5 Å². The molecule has 0 aliphatic carbocycles. The van der Waals surface area contributed by atoms with Crippen LogP contribution in [0.3, 0.4) is 0 Å². The van der Waals surface area contributed by atoms with E-state index in [4.69, 9.17) is 0 Å². The third kappa shape index (κ3) is 4.04. The predicted molar refractivity (Wildman–Crippen MR) is 61.1 cm³/mol. The van der Waals surface area contributed by atoms with Crippen LogP contribution in [0.25, 0.3) is 0 Å². The molecule has 2 nitrogen and oxygen atoms in total. The van der Waals surface area contributed by atoms with E-state index in [-0.39, 0.29) is 11.8 Å². The van der Waals surface area contributed by atoms with Gasteiger partial charge in [-0.3, -0.25) is 0 Å². The molecule has 0 saturated carbocycles. The molecule has 0 saturated heterocycles. The summed E-state index contributed by atoms with van der Waals surface area (Å²) in [6.45, 7) is 1.31. The molecule has 0 heterocycles. The van der Waals surface area contributed by atoms with Gasteiger partial charge in [0.25, 0.3) is 0 Å². The van der Waals surface area contributed by atoms with Crippen LogP contribution in [0.5, 0.6) is 5.75 Å².